The summed E-state index contributed by atoms with van der Waals surface area (Å²) in [7, 11) is -3.53. The van der Waals surface area contributed by atoms with Crippen LogP contribution in [0.25, 0.3) is 22.8 Å². The van der Waals surface area contributed by atoms with E-state index in [1.54, 1.807) is 13.0 Å². The number of aromatic nitrogens is 1. The van der Waals surface area contributed by atoms with E-state index in [2.05, 4.69) is 10.3 Å². The molecule has 1 amide bonds. The summed E-state index contributed by atoms with van der Waals surface area (Å²) in [6.45, 7) is 1.67. The van der Waals surface area contributed by atoms with Crippen molar-refractivity contribution in [2.45, 2.75) is 11.8 Å². The molecular weight excluding hydrogens is 379 g/mol. The lowest BCUT2D eigenvalue weighted by molar-refractivity contribution is -0.110. The number of halogens is 1. The van der Waals surface area contributed by atoms with Crippen LogP contribution in [0.2, 0.25) is 0 Å². The molecule has 28 heavy (non-hydrogen) atoms. The minimum Gasteiger partial charge on any atom is -0.357 e. The first-order valence-corrected chi connectivity index (χ1v) is 10.5. The molecule has 1 aliphatic heterocycles. The maximum absolute atomic E-state index is 13.7. The number of carbonyl (C=O) groups excluding carboxylic acids is 1. The Labute approximate surface area is 161 Å². The Balaban J connectivity index is 1.99. The van der Waals surface area contributed by atoms with Gasteiger partial charge in [-0.05, 0) is 36.8 Å². The molecule has 0 radical (unpaired) electrons. The number of fused-ring (bicyclic) bond motifs is 1. The van der Waals surface area contributed by atoms with Crippen molar-refractivity contribution in [3.05, 3.63) is 71.3 Å². The Morgan fingerprint density at radius 3 is 2.46 bits per heavy atom. The van der Waals surface area contributed by atoms with Gasteiger partial charge in [0.2, 0.25) is 0 Å². The predicted octanol–water partition coefficient (Wildman–Crippen LogP) is 4.03. The highest BCUT2D eigenvalue weighted by atomic mass is 32.2. The number of aryl methyl sites for hydroxylation is 1. The van der Waals surface area contributed by atoms with Gasteiger partial charge in [-0.15, -0.1) is 0 Å². The van der Waals surface area contributed by atoms with Gasteiger partial charge in [0.25, 0.3) is 5.91 Å². The number of amides is 1. The van der Waals surface area contributed by atoms with Crippen LogP contribution in [-0.4, -0.2) is 25.6 Å². The SMILES string of the molecule is Cc1[nH]c(C=C2C(=O)Nc3ccc(F)cc32)c(-c2ccccc2)c1S(C)(=O)=O. The van der Waals surface area contributed by atoms with E-state index in [0.717, 1.165) is 6.26 Å². The minimum atomic E-state index is -3.53. The number of H-pyrrole nitrogens is 1. The summed E-state index contributed by atoms with van der Waals surface area (Å²) in [5.74, 6) is -0.823. The topological polar surface area (TPSA) is 79.0 Å². The molecule has 4 rings (SSSR count). The first-order valence-electron chi connectivity index (χ1n) is 8.56. The molecule has 5 nitrogen and oxygen atoms in total. The fraction of sp³-hybridized carbons (Fsp3) is 0.0952. The third-order valence-electron chi connectivity index (χ3n) is 4.65. The van der Waals surface area contributed by atoms with Gasteiger partial charge in [-0.3, -0.25) is 4.79 Å². The maximum Gasteiger partial charge on any atom is 0.256 e. The molecular formula is C21H17FN2O3S. The molecule has 7 heteroatoms. The quantitative estimate of drug-likeness (QED) is 0.656. The molecule has 0 fully saturated rings. The largest absolute Gasteiger partial charge is 0.357 e. The Bertz CT molecular complexity index is 1240. The molecule has 142 valence electrons. The molecule has 0 aliphatic carbocycles. The highest BCUT2D eigenvalue weighted by Crippen LogP contribution is 2.38. The first-order chi connectivity index (χ1) is 13.3. The average molecular weight is 396 g/mol. The van der Waals surface area contributed by atoms with Crippen molar-refractivity contribution in [3.8, 4) is 11.1 Å². The summed E-state index contributed by atoms with van der Waals surface area (Å²) >= 11 is 0. The van der Waals surface area contributed by atoms with Gasteiger partial charge in [-0.2, -0.15) is 0 Å². The molecule has 0 spiro atoms. The summed E-state index contributed by atoms with van der Waals surface area (Å²) in [6, 6.07) is 13.1. The number of hydrogen-bond acceptors (Lipinski definition) is 3. The van der Waals surface area contributed by atoms with Crippen LogP contribution in [0.5, 0.6) is 0 Å². The first kappa shape index (κ1) is 18.2. The third-order valence-corrected chi connectivity index (χ3v) is 5.90. The Morgan fingerprint density at radius 1 is 1.07 bits per heavy atom. The van der Waals surface area contributed by atoms with Crippen LogP contribution in [-0.2, 0) is 14.6 Å². The lowest BCUT2D eigenvalue weighted by atomic mass is 10.0. The van der Waals surface area contributed by atoms with E-state index in [0.29, 0.717) is 33.8 Å². The molecule has 0 unspecified atom stereocenters. The van der Waals surface area contributed by atoms with Crippen molar-refractivity contribution in [1.82, 2.24) is 4.98 Å². The van der Waals surface area contributed by atoms with Crippen LogP contribution in [0.1, 0.15) is 17.0 Å². The average Bonchev–Trinajstić information content (AvgIpc) is 3.13. The van der Waals surface area contributed by atoms with Gasteiger partial charge in [0.15, 0.2) is 9.84 Å². The zero-order chi connectivity index (χ0) is 20.1. The van der Waals surface area contributed by atoms with Crippen LogP contribution in [0.15, 0.2) is 53.4 Å². The number of anilines is 1. The van der Waals surface area contributed by atoms with Gasteiger partial charge in [0.05, 0.1) is 10.5 Å². The van der Waals surface area contributed by atoms with E-state index >= 15 is 0 Å². The summed E-state index contributed by atoms with van der Waals surface area (Å²) in [5.41, 5.74) is 3.39. The van der Waals surface area contributed by atoms with Gasteiger partial charge in [0, 0.05) is 34.5 Å². The number of carbonyl (C=O) groups is 1. The van der Waals surface area contributed by atoms with Gasteiger partial charge in [-0.25, -0.2) is 12.8 Å². The van der Waals surface area contributed by atoms with Crippen LogP contribution in [0, 0.1) is 12.7 Å². The van der Waals surface area contributed by atoms with Crippen LogP contribution in [0.4, 0.5) is 10.1 Å². The lowest BCUT2D eigenvalue weighted by Gasteiger charge is -2.06. The van der Waals surface area contributed by atoms with Crippen molar-refractivity contribution in [2.24, 2.45) is 0 Å². The molecule has 0 bridgehead atoms. The van der Waals surface area contributed by atoms with E-state index in [1.807, 2.05) is 30.3 Å². The summed E-state index contributed by atoms with van der Waals surface area (Å²) in [6.07, 6.45) is 2.73. The van der Waals surface area contributed by atoms with Crippen molar-refractivity contribution in [1.29, 1.82) is 0 Å². The summed E-state index contributed by atoms with van der Waals surface area (Å²) < 4.78 is 38.6. The molecule has 2 aromatic carbocycles. The molecule has 2 N–H and O–H groups in total. The Kier molecular flexibility index (Phi) is 4.19. The second-order valence-electron chi connectivity index (χ2n) is 6.71. The molecule has 1 aromatic heterocycles. The van der Waals surface area contributed by atoms with E-state index < -0.39 is 15.7 Å². The van der Waals surface area contributed by atoms with Crippen molar-refractivity contribution >= 4 is 33.1 Å². The Morgan fingerprint density at radius 2 is 1.79 bits per heavy atom. The Hall–Kier alpha value is -3.19. The van der Waals surface area contributed by atoms with Crippen molar-refractivity contribution in [3.63, 3.8) is 0 Å². The lowest BCUT2D eigenvalue weighted by Crippen LogP contribution is -2.03. The molecule has 0 atom stereocenters. The van der Waals surface area contributed by atoms with Gasteiger partial charge in [0.1, 0.15) is 5.82 Å². The van der Waals surface area contributed by atoms with Crippen LogP contribution in [0.3, 0.4) is 0 Å². The van der Waals surface area contributed by atoms with Gasteiger partial charge in [-0.1, -0.05) is 30.3 Å². The molecule has 0 saturated carbocycles. The number of benzene rings is 2. The minimum absolute atomic E-state index is 0.184. The van der Waals surface area contributed by atoms with Crippen LogP contribution < -0.4 is 5.32 Å². The van der Waals surface area contributed by atoms with E-state index in [-0.39, 0.29) is 16.4 Å². The summed E-state index contributed by atoms with van der Waals surface area (Å²) in [4.78, 5) is 15.7. The number of rotatable bonds is 3. The van der Waals surface area contributed by atoms with Gasteiger partial charge >= 0.3 is 0 Å². The number of sulfone groups is 1. The predicted molar refractivity (Wildman–Crippen MR) is 107 cm³/mol. The zero-order valence-electron chi connectivity index (χ0n) is 15.2. The van der Waals surface area contributed by atoms with Crippen molar-refractivity contribution in [2.75, 3.05) is 11.6 Å². The standard InChI is InChI=1S/C21H17FN2O3S/c1-12-20(28(2,26)27)19(13-6-4-3-5-7-13)18(23-12)11-16-15-10-14(22)8-9-17(15)24-21(16)25/h3-11,23H,1-2H3,(H,24,25). The monoisotopic (exact) mass is 396 g/mol. The fourth-order valence-corrected chi connectivity index (χ4v) is 4.75. The molecule has 0 saturated heterocycles. The normalized spacial score (nSPS) is 15.0. The molecule has 1 aliphatic rings. The fourth-order valence-electron chi connectivity index (χ4n) is 3.54. The van der Waals surface area contributed by atoms with E-state index in [4.69, 9.17) is 0 Å². The van der Waals surface area contributed by atoms with Crippen molar-refractivity contribution < 1.29 is 17.6 Å². The van der Waals surface area contributed by atoms with Gasteiger partial charge < -0.3 is 10.3 Å². The highest BCUT2D eigenvalue weighted by molar-refractivity contribution is 7.91. The highest BCUT2D eigenvalue weighted by Gasteiger charge is 2.28. The van der Waals surface area contributed by atoms with E-state index in [9.17, 15) is 17.6 Å². The zero-order valence-corrected chi connectivity index (χ0v) is 16.0. The second kappa shape index (κ2) is 6.45. The van der Waals surface area contributed by atoms with E-state index in [1.165, 1.54) is 18.2 Å². The number of hydrogen-bond donors (Lipinski definition) is 2. The molecule has 3 aromatic rings. The number of aromatic amines is 1. The second-order valence-corrected chi connectivity index (χ2v) is 8.66. The number of nitrogens with one attached hydrogen (secondary N) is 2. The van der Waals surface area contributed by atoms with Crippen LogP contribution >= 0.6 is 0 Å². The summed E-state index contributed by atoms with van der Waals surface area (Å²) in [5, 5.41) is 2.70. The maximum atomic E-state index is 13.7. The molecule has 2 heterocycles. The smallest absolute Gasteiger partial charge is 0.256 e. The third kappa shape index (κ3) is 3.03.